The average Bonchev–Trinajstić information content (AvgIpc) is 1.89. The molecule has 0 radical (unpaired) electrons. The first-order chi connectivity index (χ1) is 4.34. The molecular weight excluding hydrogens is 220 g/mol. The van der Waals surface area contributed by atoms with Crippen LogP contribution in [0.2, 0.25) is 0 Å². The Balaban J connectivity index is 0.000000810. The van der Waals surface area contributed by atoms with Crippen LogP contribution in [0.15, 0.2) is 33.6 Å². The maximum Gasteiger partial charge on any atom is 2.00 e. The van der Waals surface area contributed by atoms with Crippen molar-refractivity contribution in [3.63, 3.8) is 0 Å². The van der Waals surface area contributed by atoms with E-state index >= 15 is 0 Å². The summed E-state index contributed by atoms with van der Waals surface area (Å²) >= 11 is 5.18. The van der Waals surface area contributed by atoms with Gasteiger partial charge in [-0.3, -0.25) is 0 Å². The van der Waals surface area contributed by atoms with Crippen molar-refractivity contribution in [3.8, 4) is 0 Å². The molecule has 0 aliphatic carbocycles. The third-order valence-corrected chi connectivity index (χ3v) is 2.81. The molecule has 1 rings (SSSR count). The van der Waals surface area contributed by atoms with Crippen molar-refractivity contribution >= 4 is 50.7 Å². The summed E-state index contributed by atoms with van der Waals surface area (Å²) < 4.78 is 1.18. The van der Waals surface area contributed by atoms with Gasteiger partial charge in [-0.15, -0.1) is 11.8 Å². The summed E-state index contributed by atoms with van der Waals surface area (Å²) in [5.41, 5.74) is 0. The normalized spacial score (nSPS) is 8.60. The molecule has 0 bridgehead atoms. The van der Waals surface area contributed by atoms with Crippen molar-refractivity contribution < 1.29 is 0 Å². The maximum absolute atomic E-state index is 3.44. The van der Waals surface area contributed by atoms with E-state index in [1.807, 2.05) is 18.2 Å². The molecule has 0 aliphatic rings. The van der Waals surface area contributed by atoms with Crippen LogP contribution in [-0.2, 0) is 0 Å². The number of hydrogen-bond acceptors (Lipinski definition) is 1. The zero-order valence-corrected chi connectivity index (χ0v) is 9.62. The van der Waals surface area contributed by atoms with Gasteiger partial charge in [0.05, 0.1) is 0 Å². The van der Waals surface area contributed by atoms with Gasteiger partial charge in [-0.25, -0.2) is 0 Å². The second-order valence-electron chi connectivity index (χ2n) is 1.63. The molecule has 0 N–H and O–H groups in total. The molecule has 0 unspecified atom stereocenters. The third-order valence-electron chi connectivity index (χ3n) is 1.06. The fourth-order valence-electron chi connectivity index (χ4n) is 0.610. The molecule has 1 aromatic carbocycles. The van der Waals surface area contributed by atoms with Crippen LogP contribution in [0.5, 0.6) is 0 Å². The minimum atomic E-state index is 0. The van der Waals surface area contributed by atoms with Crippen molar-refractivity contribution in [1.82, 2.24) is 0 Å². The van der Waals surface area contributed by atoms with E-state index in [4.69, 9.17) is 0 Å². The molecule has 0 fully saturated rings. The number of rotatable bonds is 1. The zero-order chi connectivity index (χ0) is 6.69. The van der Waals surface area contributed by atoms with Gasteiger partial charge in [0, 0.05) is 9.37 Å². The molecule has 1 aromatic rings. The van der Waals surface area contributed by atoms with Crippen LogP contribution in [0.4, 0.5) is 0 Å². The molecule has 0 atom stereocenters. The van der Waals surface area contributed by atoms with E-state index in [1.165, 1.54) is 9.37 Å². The van der Waals surface area contributed by atoms with E-state index in [9.17, 15) is 0 Å². The van der Waals surface area contributed by atoms with Gasteiger partial charge in [-0.1, -0.05) is 12.1 Å². The first kappa shape index (κ1) is 10.8. The quantitative estimate of drug-likeness (QED) is 0.525. The Morgan fingerprint density at radius 3 is 2.30 bits per heavy atom. The molecule has 48 valence electrons. The van der Waals surface area contributed by atoms with E-state index in [1.54, 1.807) is 11.8 Å². The van der Waals surface area contributed by atoms with Gasteiger partial charge in [-0.05, 0) is 34.3 Å². The SMILES string of the molecule is CSc1ccccc1Br.[Mg+2]. The summed E-state index contributed by atoms with van der Waals surface area (Å²) in [6.45, 7) is 0. The second-order valence-corrected chi connectivity index (χ2v) is 3.34. The van der Waals surface area contributed by atoms with Gasteiger partial charge in [-0.2, -0.15) is 0 Å². The Bertz CT molecular complexity index is 203. The summed E-state index contributed by atoms with van der Waals surface area (Å²) in [6.07, 6.45) is 2.07. The van der Waals surface area contributed by atoms with Crippen molar-refractivity contribution in [2.24, 2.45) is 0 Å². The summed E-state index contributed by atoms with van der Waals surface area (Å²) in [5.74, 6) is 0. The molecule has 10 heavy (non-hydrogen) atoms. The molecule has 0 spiro atoms. The number of hydrogen-bond donors (Lipinski definition) is 0. The van der Waals surface area contributed by atoms with Crippen molar-refractivity contribution in [2.75, 3.05) is 6.26 Å². The monoisotopic (exact) mass is 226 g/mol. The fourth-order valence-corrected chi connectivity index (χ4v) is 1.86. The van der Waals surface area contributed by atoms with E-state index < -0.39 is 0 Å². The van der Waals surface area contributed by atoms with Gasteiger partial charge in [0.15, 0.2) is 0 Å². The molecule has 0 saturated heterocycles. The van der Waals surface area contributed by atoms with E-state index in [2.05, 4.69) is 28.3 Å². The summed E-state index contributed by atoms with van der Waals surface area (Å²) in [5, 5.41) is 0. The largest absolute Gasteiger partial charge is 2.00 e. The van der Waals surface area contributed by atoms with Crippen molar-refractivity contribution in [3.05, 3.63) is 28.7 Å². The summed E-state index contributed by atoms with van der Waals surface area (Å²) in [4.78, 5) is 1.29. The Kier molecular flexibility index (Phi) is 5.91. The predicted molar refractivity (Wildman–Crippen MR) is 51.7 cm³/mol. The van der Waals surface area contributed by atoms with Gasteiger partial charge in [0.2, 0.25) is 0 Å². The van der Waals surface area contributed by atoms with Crippen LogP contribution in [0.25, 0.3) is 0 Å². The van der Waals surface area contributed by atoms with Gasteiger partial charge < -0.3 is 0 Å². The van der Waals surface area contributed by atoms with Gasteiger partial charge >= 0.3 is 23.1 Å². The second kappa shape index (κ2) is 5.46. The van der Waals surface area contributed by atoms with Crippen LogP contribution in [-0.4, -0.2) is 29.3 Å². The smallest absolute Gasteiger partial charge is 0.128 e. The van der Waals surface area contributed by atoms with Crippen LogP contribution in [0, 0.1) is 0 Å². The summed E-state index contributed by atoms with van der Waals surface area (Å²) in [6, 6.07) is 8.20. The van der Waals surface area contributed by atoms with E-state index in [-0.39, 0.29) is 23.1 Å². The molecule has 3 heteroatoms. The standard InChI is InChI=1S/C7H7BrS.Mg/c1-9-7-5-3-2-4-6(7)8;/h2-5H,1H3;/q;+2. The van der Waals surface area contributed by atoms with Gasteiger partial charge in [0.1, 0.15) is 0 Å². The molecule has 0 saturated carbocycles. The first-order valence-electron chi connectivity index (χ1n) is 2.63. The minimum Gasteiger partial charge on any atom is -0.128 e. The van der Waals surface area contributed by atoms with Crippen LogP contribution in [0.1, 0.15) is 0 Å². The maximum atomic E-state index is 3.44. The van der Waals surface area contributed by atoms with Crippen LogP contribution in [0.3, 0.4) is 0 Å². The number of thioether (sulfide) groups is 1. The minimum absolute atomic E-state index is 0. The Hall–Kier alpha value is 0.816. The van der Waals surface area contributed by atoms with E-state index in [0.29, 0.717) is 0 Å². The zero-order valence-electron chi connectivity index (χ0n) is 5.80. The van der Waals surface area contributed by atoms with Gasteiger partial charge in [0.25, 0.3) is 0 Å². The first-order valence-corrected chi connectivity index (χ1v) is 4.65. The average molecular weight is 227 g/mol. The Morgan fingerprint density at radius 1 is 1.30 bits per heavy atom. The Morgan fingerprint density at radius 2 is 1.90 bits per heavy atom. The Labute approximate surface area is 90.1 Å². The molecule has 0 amide bonds. The predicted octanol–water partition coefficient (Wildman–Crippen LogP) is 2.79. The van der Waals surface area contributed by atoms with Crippen LogP contribution >= 0.6 is 27.7 Å². The van der Waals surface area contributed by atoms with Crippen LogP contribution < -0.4 is 0 Å². The summed E-state index contributed by atoms with van der Waals surface area (Å²) in [7, 11) is 0. The number of halogens is 1. The third kappa shape index (κ3) is 2.82. The molecular formula is C7H7BrMgS+2. The molecule has 0 heterocycles. The van der Waals surface area contributed by atoms with Crippen molar-refractivity contribution in [1.29, 1.82) is 0 Å². The molecule has 0 nitrogen and oxygen atoms in total. The molecule has 0 aliphatic heterocycles. The number of benzene rings is 1. The molecule has 0 aromatic heterocycles. The fraction of sp³-hybridized carbons (Fsp3) is 0.143. The topological polar surface area (TPSA) is 0 Å². The van der Waals surface area contributed by atoms with E-state index in [0.717, 1.165) is 0 Å². The van der Waals surface area contributed by atoms with Crippen molar-refractivity contribution in [2.45, 2.75) is 4.90 Å².